The second-order valence-corrected chi connectivity index (χ2v) is 8.38. The zero-order valence-corrected chi connectivity index (χ0v) is 17.3. The van der Waals surface area contributed by atoms with Crippen molar-refractivity contribution in [3.63, 3.8) is 0 Å². The van der Waals surface area contributed by atoms with Gasteiger partial charge >= 0.3 is 0 Å². The lowest BCUT2D eigenvalue weighted by atomic mass is 10.2. The van der Waals surface area contributed by atoms with Gasteiger partial charge in [-0.05, 0) is 43.2 Å². The third kappa shape index (κ3) is 5.34. The fourth-order valence-electron chi connectivity index (χ4n) is 3.05. The number of amides is 1. The van der Waals surface area contributed by atoms with Gasteiger partial charge < -0.3 is 9.64 Å². The summed E-state index contributed by atoms with van der Waals surface area (Å²) in [7, 11) is 0. The topological polar surface area (TPSA) is 42.4 Å². The molecule has 1 aromatic heterocycles. The van der Waals surface area contributed by atoms with E-state index in [-0.39, 0.29) is 24.2 Å². The minimum absolute atomic E-state index is 0.0220. The van der Waals surface area contributed by atoms with Crippen molar-refractivity contribution in [1.29, 1.82) is 0 Å². The molecular weight excluding hydrogens is 411 g/mol. The largest absolute Gasteiger partial charge is 0.486 e. The molecule has 0 unspecified atom stereocenters. The van der Waals surface area contributed by atoms with E-state index in [0.29, 0.717) is 35.2 Å². The molecule has 2 aromatic carbocycles. The van der Waals surface area contributed by atoms with Crippen LogP contribution in [0.15, 0.2) is 53.9 Å². The molecule has 3 aromatic rings. The Bertz CT molecular complexity index is 988. The van der Waals surface area contributed by atoms with Crippen LogP contribution in [0.1, 0.15) is 29.1 Å². The van der Waals surface area contributed by atoms with Crippen LogP contribution in [0.5, 0.6) is 5.75 Å². The lowest BCUT2D eigenvalue weighted by Crippen LogP contribution is -2.34. The fourth-order valence-corrected chi connectivity index (χ4v) is 3.88. The minimum atomic E-state index is -0.277. The van der Waals surface area contributed by atoms with E-state index in [4.69, 9.17) is 16.3 Å². The molecule has 0 atom stereocenters. The van der Waals surface area contributed by atoms with Crippen molar-refractivity contribution in [1.82, 2.24) is 9.88 Å². The van der Waals surface area contributed by atoms with Crippen LogP contribution in [-0.2, 0) is 24.4 Å². The lowest BCUT2D eigenvalue weighted by Gasteiger charge is -2.22. The number of benzene rings is 2. The average Bonchev–Trinajstić information content (AvgIpc) is 3.46. The van der Waals surface area contributed by atoms with Crippen molar-refractivity contribution >= 4 is 28.8 Å². The smallest absolute Gasteiger partial charge is 0.229 e. The summed E-state index contributed by atoms with van der Waals surface area (Å²) in [5.41, 5.74) is 1.26. The highest BCUT2D eigenvalue weighted by Gasteiger charge is 2.33. The molecule has 1 amide bonds. The molecule has 0 radical (unpaired) electrons. The van der Waals surface area contributed by atoms with Gasteiger partial charge in [-0.1, -0.05) is 29.8 Å². The number of aromatic nitrogens is 1. The third-order valence-electron chi connectivity index (χ3n) is 4.71. The van der Waals surface area contributed by atoms with Gasteiger partial charge in [-0.3, -0.25) is 4.79 Å². The number of hydrogen-bond donors (Lipinski definition) is 0. The maximum atomic E-state index is 14.0. The SMILES string of the molecule is O=C(Cc1csc(COc2ccc(Cl)cc2)n1)N(Cc1ccccc1F)C1CC1. The summed E-state index contributed by atoms with van der Waals surface area (Å²) < 4.78 is 19.7. The van der Waals surface area contributed by atoms with Crippen LogP contribution in [0, 0.1) is 5.82 Å². The van der Waals surface area contributed by atoms with Crippen molar-refractivity contribution < 1.29 is 13.9 Å². The second-order valence-electron chi connectivity index (χ2n) is 7.00. The van der Waals surface area contributed by atoms with Gasteiger partial charge in [-0.2, -0.15) is 0 Å². The summed E-state index contributed by atoms with van der Waals surface area (Å²) in [5.74, 6) is 0.416. The Kier molecular flexibility index (Phi) is 6.11. The molecule has 1 heterocycles. The van der Waals surface area contributed by atoms with Gasteiger partial charge in [-0.15, -0.1) is 11.3 Å². The highest BCUT2D eigenvalue weighted by molar-refractivity contribution is 7.09. The Morgan fingerprint density at radius 1 is 1.21 bits per heavy atom. The number of rotatable bonds is 8. The molecule has 29 heavy (non-hydrogen) atoms. The van der Waals surface area contributed by atoms with Crippen molar-refractivity contribution in [3.05, 3.63) is 81.0 Å². The summed E-state index contributed by atoms with van der Waals surface area (Å²) >= 11 is 7.33. The van der Waals surface area contributed by atoms with Gasteiger partial charge in [0.05, 0.1) is 12.1 Å². The predicted molar refractivity (Wildman–Crippen MR) is 112 cm³/mol. The maximum absolute atomic E-state index is 14.0. The molecule has 1 fully saturated rings. The molecular formula is C22H20ClFN2O2S. The lowest BCUT2D eigenvalue weighted by molar-refractivity contribution is -0.131. The van der Waals surface area contributed by atoms with Gasteiger partial charge in [-0.25, -0.2) is 9.37 Å². The van der Waals surface area contributed by atoms with Crippen molar-refractivity contribution in [3.8, 4) is 5.75 Å². The molecule has 0 aliphatic heterocycles. The predicted octanol–water partition coefficient (Wildman–Crippen LogP) is 5.25. The van der Waals surface area contributed by atoms with Crippen LogP contribution in [0.25, 0.3) is 0 Å². The zero-order valence-electron chi connectivity index (χ0n) is 15.7. The first-order valence-electron chi connectivity index (χ1n) is 9.43. The summed E-state index contributed by atoms with van der Waals surface area (Å²) in [5, 5.41) is 3.34. The number of nitrogens with zero attached hydrogens (tertiary/aromatic N) is 2. The van der Waals surface area contributed by atoms with Crippen molar-refractivity contribution in [2.24, 2.45) is 0 Å². The molecule has 0 bridgehead atoms. The number of ether oxygens (including phenoxy) is 1. The average molecular weight is 431 g/mol. The van der Waals surface area contributed by atoms with E-state index in [2.05, 4.69) is 4.98 Å². The molecule has 7 heteroatoms. The Balaban J connectivity index is 1.36. The third-order valence-corrected chi connectivity index (χ3v) is 5.84. The second kappa shape index (κ2) is 8.93. The summed E-state index contributed by atoms with van der Waals surface area (Å²) in [4.78, 5) is 19.1. The van der Waals surface area contributed by atoms with E-state index in [1.54, 1.807) is 47.4 Å². The molecule has 1 aliphatic carbocycles. The van der Waals surface area contributed by atoms with E-state index in [1.165, 1.54) is 17.4 Å². The van der Waals surface area contributed by atoms with Crippen LogP contribution in [-0.4, -0.2) is 21.8 Å². The number of carbonyl (C=O) groups excluding carboxylic acids is 1. The van der Waals surface area contributed by atoms with Crippen LogP contribution >= 0.6 is 22.9 Å². The Labute approximate surface area is 177 Å². The zero-order chi connectivity index (χ0) is 20.2. The van der Waals surface area contributed by atoms with Crippen LogP contribution < -0.4 is 4.74 Å². The monoisotopic (exact) mass is 430 g/mol. The minimum Gasteiger partial charge on any atom is -0.486 e. The highest BCUT2D eigenvalue weighted by atomic mass is 35.5. The van der Waals surface area contributed by atoms with Crippen LogP contribution in [0.2, 0.25) is 5.02 Å². The fraction of sp³-hybridized carbons (Fsp3) is 0.273. The van der Waals surface area contributed by atoms with Crippen molar-refractivity contribution in [2.75, 3.05) is 0 Å². The first kappa shape index (κ1) is 19.9. The standard InChI is InChI=1S/C22H20ClFN2O2S/c23-16-5-9-19(10-6-16)28-13-21-25-17(14-29-21)11-22(27)26(18-7-8-18)12-15-3-1-2-4-20(15)24/h1-6,9-10,14,18H,7-8,11-13H2. The number of halogens is 2. The van der Waals surface area contributed by atoms with E-state index in [1.807, 2.05) is 5.38 Å². The van der Waals surface area contributed by atoms with Gasteiger partial charge in [0.2, 0.25) is 5.91 Å². The molecule has 0 spiro atoms. The van der Waals surface area contributed by atoms with E-state index in [9.17, 15) is 9.18 Å². The van der Waals surface area contributed by atoms with E-state index < -0.39 is 0 Å². The highest BCUT2D eigenvalue weighted by Crippen LogP contribution is 2.29. The summed E-state index contributed by atoms with van der Waals surface area (Å²) in [6.07, 6.45) is 2.15. The number of carbonyl (C=O) groups is 1. The maximum Gasteiger partial charge on any atom is 0.229 e. The summed E-state index contributed by atoms with van der Waals surface area (Å²) in [6, 6.07) is 14.0. The quantitative estimate of drug-likeness (QED) is 0.490. The number of thiazole rings is 1. The molecule has 150 valence electrons. The molecule has 0 saturated heterocycles. The molecule has 4 nitrogen and oxygen atoms in total. The molecule has 0 N–H and O–H groups in total. The Hall–Kier alpha value is -2.44. The summed E-state index contributed by atoms with van der Waals surface area (Å²) in [6.45, 7) is 0.634. The van der Waals surface area contributed by atoms with Gasteiger partial charge in [0.1, 0.15) is 23.2 Å². The first-order chi connectivity index (χ1) is 14.1. The number of hydrogen-bond acceptors (Lipinski definition) is 4. The molecule has 1 aliphatic rings. The van der Waals surface area contributed by atoms with Crippen LogP contribution in [0.3, 0.4) is 0 Å². The first-order valence-corrected chi connectivity index (χ1v) is 10.7. The van der Waals surface area contributed by atoms with Crippen molar-refractivity contribution in [2.45, 2.75) is 38.5 Å². The van der Waals surface area contributed by atoms with Gasteiger partial charge in [0.25, 0.3) is 0 Å². The van der Waals surface area contributed by atoms with Gasteiger partial charge in [0, 0.05) is 28.6 Å². The molecule has 4 rings (SSSR count). The van der Waals surface area contributed by atoms with E-state index >= 15 is 0 Å². The van der Waals surface area contributed by atoms with E-state index in [0.717, 1.165) is 17.8 Å². The Morgan fingerprint density at radius 2 is 1.97 bits per heavy atom. The van der Waals surface area contributed by atoms with Gasteiger partial charge in [0.15, 0.2) is 0 Å². The molecule has 1 saturated carbocycles. The van der Waals surface area contributed by atoms with Crippen LogP contribution in [0.4, 0.5) is 4.39 Å². The normalized spacial score (nSPS) is 13.3. The Morgan fingerprint density at radius 3 is 2.69 bits per heavy atom.